The van der Waals surface area contributed by atoms with Gasteiger partial charge in [0.05, 0.1) is 6.61 Å². The summed E-state index contributed by atoms with van der Waals surface area (Å²) in [6.45, 7) is 6.33. The molecule has 0 aliphatic carbocycles. The van der Waals surface area contributed by atoms with Gasteiger partial charge in [0.25, 0.3) is 5.91 Å². The SMILES string of the molecule is COCCNC(=O)C(C)Oc1cc(C(C)C)sc1C(=O)O. The molecular weight excluding hydrogens is 294 g/mol. The molecule has 21 heavy (non-hydrogen) atoms. The molecule has 0 fully saturated rings. The van der Waals surface area contributed by atoms with Crippen molar-refractivity contribution < 1.29 is 24.2 Å². The Morgan fingerprint density at radius 3 is 2.57 bits per heavy atom. The summed E-state index contributed by atoms with van der Waals surface area (Å²) in [5.74, 6) is -0.906. The molecule has 1 heterocycles. The highest BCUT2D eigenvalue weighted by molar-refractivity contribution is 7.14. The van der Waals surface area contributed by atoms with Gasteiger partial charge in [0, 0.05) is 18.5 Å². The van der Waals surface area contributed by atoms with E-state index in [0.29, 0.717) is 13.2 Å². The van der Waals surface area contributed by atoms with E-state index in [0.717, 1.165) is 4.88 Å². The summed E-state index contributed by atoms with van der Waals surface area (Å²) >= 11 is 1.17. The highest BCUT2D eigenvalue weighted by atomic mass is 32.1. The molecule has 1 amide bonds. The van der Waals surface area contributed by atoms with Gasteiger partial charge in [0.15, 0.2) is 11.0 Å². The summed E-state index contributed by atoms with van der Waals surface area (Å²) in [6, 6.07) is 1.69. The number of amides is 1. The second-order valence-electron chi connectivity index (χ2n) is 4.85. The van der Waals surface area contributed by atoms with Crippen LogP contribution in [0.4, 0.5) is 0 Å². The fourth-order valence-corrected chi connectivity index (χ4v) is 2.51. The first-order chi connectivity index (χ1) is 9.86. The molecule has 1 rings (SSSR count). The van der Waals surface area contributed by atoms with Crippen LogP contribution in [0.25, 0.3) is 0 Å². The van der Waals surface area contributed by atoms with Gasteiger partial charge in [-0.05, 0) is 18.9 Å². The molecule has 1 atom stereocenters. The maximum Gasteiger partial charge on any atom is 0.349 e. The zero-order valence-corrected chi connectivity index (χ0v) is 13.5. The molecular formula is C14H21NO5S. The lowest BCUT2D eigenvalue weighted by Crippen LogP contribution is -2.38. The van der Waals surface area contributed by atoms with E-state index in [1.165, 1.54) is 11.3 Å². The number of hydrogen-bond acceptors (Lipinski definition) is 5. The number of ether oxygens (including phenoxy) is 2. The van der Waals surface area contributed by atoms with Gasteiger partial charge in [-0.2, -0.15) is 0 Å². The molecule has 0 aromatic carbocycles. The Morgan fingerprint density at radius 1 is 1.38 bits per heavy atom. The summed E-state index contributed by atoms with van der Waals surface area (Å²) in [5.41, 5.74) is 0. The van der Waals surface area contributed by atoms with Crippen molar-refractivity contribution in [2.45, 2.75) is 32.8 Å². The van der Waals surface area contributed by atoms with Crippen LogP contribution in [0.3, 0.4) is 0 Å². The van der Waals surface area contributed by atoms with E-state index in [2.05, 4.69) is 5.32 Å². The van der Waals surface area contributed by atoms with Gasteiger partial charge >= 0.3 is 5.97 Å². The van der Waals surface area contributed by atoms with E-state index in [9.17, 15) is 14.7 Å². The molecule has 0 aliphatic rings. The molecule has 0 saturated heterocycles. The smallest absolute Gasteiger partial charge is 0.349 e. The third-order valence-corrected chi connectivity index (χ3v) is 4.16. The van der Waals surface area contributed by atoms with E-state index in [1.54, 1.807) is 20.1 Å². The normalized spacial score (nSPS) is 12.2. The lowest BCUT2D eigenvalue weighted by Gasteiger charge is -2.14. The number of hydrogen-bond donors (Lipinski definition) is 2. The molecule has 0 saturated carbocycles. The van der Waals surface area contributed by atoms with E-state index >= 15 is 0 Å². The van der Waals surface area contributed by atoms with E-state index < -0.39 is 12.1 Å². The van der Waals surface area contributed by atoms with Gasteiger partial charge in [-0.25, -0.2) is 4.79 Å². The number of aromatic carboxylic acids is 1. The van der Waals surface area contributed by atoms with Gasteiger partial charge < -0.3 is 19.9 Å². The summed E-state index contributed by atoms with van der Waals surface area (Å²) in [7, 11) is 1.55. The number of carbonyl (C=O) groups excluding carboxylic acids is 1. The van der Waals surface area contributed by atoms with Crippen LogP contribution >= 0.6 is 11.3 Å². The molecule has 1 aromatic rings. The minimum atomic E-state index is -1.05. The first kappa shape index (κ1) is 17.5. The molecule has 0 aliphatic heterocycles. The number of carboxylic acid groups (broad SMARTS) is 1. The maximum absolute atomic E-state index is 11.8. The van der Waals surface area contributed by atoms with Crippen molar-refractivity contribution in [3.63, 3.8) is 0 Å². The molecule has 1 unspecified atom stereocenters. The fourth-order valence-electron chi connectivity index (χ4n) is 1.58. The third-order valence-electron chi connectivity index (χ3n) is 2.76. The third kappa shape index (κ3) is 5.02. The minimum absolute atomic E-state index is 0.121. The van der Waals surface area contributed by atoms with Gasteiger partial charge in [-0.15, -0.1) is 11.3 Å². The van der Waals surface area contributed by atoms with Crippen molar-refractivity contribution >= 4 is 23.2 Å². The monoisotopic (exact) mass is 315 g/mol. The molecule has 118 valence electrons. The van der Waals surface area contributed by atoms with Crippen LogP contribution < -0.4 is 10.1 Å². The second kappa shape index (κ2) is 7.99. The molecule has 0 bridgehead atoms. The zero-order valence-electron chi connectivity index (χ0n) is 12.6. The second-order valence-corrected chi connectivity index (χ2v) is 5.93. The van der Waals surface area contributed by atoms with Crippen LogP contribution in [0.2, 0.25) is 0 Å². The number of carbonyl (C=O) groups is 2. The number of carboxylic acids is 1. The van der Waals surface area contributed by atoms with Gasteiger partial charge in [-0.3, -0.25) is 4.79 Å². The van der Waals surface area contributed by atoms with Crippen LogP contribution in [0, 0.1) is 0 Å². The fraction of sp³-hybridized carbons (Fsp3) is 0.571. The summed E-state index contributed by atoms with van der Waals surface area (Å²) in [5, 5.41) is 11.8. The Bertz CT molecular complexity index is 498. The molecule has 2 N–H and O–H groups in total. The predicted octanol–water partition coefficient (Wildman–Crippen LogP) is 2.10. The van der Waals surface area contributed by atoms with Crippen molar-refractivity contribution in [2.75, 3.05) is 20.3 Å². The highest BCUT2D eigenvalue weighted by Crippen LogP contribution is 2.34. The molecule has 0 spiro atoms. The largest absolute Gasteiger partial charge is 0.479 e. The van der Waals surface area contributed by atoms with Crippen LogP contribution in [0.5, 0.6) is 5.75 Å². The van der Waals surface area contributed by atoms with Crippen molar-refractivity contribution in [3.05, 3.63) is 15.8 Å². The highest BCUT2D eigenvalue weighted by Gasteiger charge is 2.22. The topological polar surface area (TPSA) is 84.9 Å². The first-order valence-corrected chi connectivity index (χ1v) is 7.48. The molecule has 0 radical (unpaired) electrons. The van der Waals surface area contributed by atoms with Crippen LogP contribution in [-0.2, 0) is 9.53 Å². The Kier molecular flexibility index (Phi) is 6.64. The van der Waals surface area contributed by atoms with E-state index in [4.69, 9.17) is 9.47 Å². The summed E-state index contributed by atoms with van der Waals surface area (Å²) < 4.78 is 10.3. The van der Waals surface area contributed by atoms with Gasteiger partial charge in [0.1, 0.15) is 5.75 Å². The number of thiophene rings is 1. The number of rotatable bonds is 8. The Morgan fingerprint density at radius 2 is 2.05 bits per heavy atom. The Balaban J connectivity index is 2.76. The lowest BCUT2D eigenvalue weighted by atomic mass is 10.2. The van der Waals surface area contributed by atoms with Crippen LogP contribution in [0.15, 0.2) is 6.07 Å². The van der Waals surface area contributed by atoms with E-state index in [1.807, 2.05) is 13.8 Å². The zero-order chi connectivity index (χ0) is 16.0. The molecule has 1 aromatic heterocycles. The quantitative estimate of drug-likeness (QED) is 0.718. The van der Waals surface area contributed by atoms with Crippen LogP contribution in [-0.4, -0.2) is 43.3 Å². The lowest BCUT2D eigenvalue weighted by molar-refractivity contribution is -0.127. The predicted molar refractivity (Wildman–Crippen MR) is 80.3 cm³/mol. The van der Waals surface area contributed by atoms with Gasteiger partial charge in [-0.1, -0.05) is 13.8 Å². The number of nitrogens with one attached hydrogen (secondary N) is 1. The van der Waals surface area contributed by atoms with Crippen LogP contribution in [0.1, 0.15) is 41.2 Å². The minimum Gasteiger partial charge on any atom is -0.479 e. The van der Waals surface area contributed by atoms with Crippen molar-refractivity contribution in [1.82, 2.24) is 5.32 Å². The summed E-state index contributed by atoms with van der Waals surface area (Å²) in [6.07, 6.45) is -0.769. The van der Waals surface area contributed by atoms with E-state index in [-0.39, 0.29) is 22.5 Å². The van der Waals surface area contributed by atoms with Crippen molar-refractivity contribution in [1.29, 1.82) is 0 Å². The average molecular weight is 315 g/mol. The number of methoxy groups -OCH3 is 1. The standard InChI is InChI=1S/C14H21NO5S/c1-8(2)11-7-10(12(21-11)14(17)18)20-9(3)13(16)15-5-6-19-4/h7-9H,5-6H2,1-4H3,(H,15,16)(H,17,18). The molecule has 7 heteroatoms. The maximum atomic E-state index is 11.8. The Labute approximate surface area is 128 Å². The van der Waals surface area contributed by atoms with Crippen molar-refractivity contribution in [3.8, 4) is 5.75 Å². The average Bonchev–Trinajstić information content (AvgIpc) is 2.83. The first-order valence-electron chi connectivity index (χ1n) is 6.67. The van der Waals surface area contributed by atoms with Gasteiger partial charge in [0.2, 0.25) is 0 Å². The Hall–Kier alpha value is -1.60. The summed E-state index contributed by atoms with van der Waals surface area (Å²) in [4.78, 5) is 24.1. The van der Waals surface area contributed by atoms with Crippen molar-refractivity contribution in [2.24, 2.45) is 0 Å². The molecule has 6 nitrogen and oxygen atoms in total.